The van der Waals surface area contributed by atoms with Crippen molar-refractivity contribution in [3.63, 3.8) is 0 Å². The number of carbonyl (C=O) groups is 1. The minimum atomic E-state index is -0.310. The zero-order valence-electron chi connectivity index (χ0n) is 11.1. The van der Waals surface area contributed by atoms with Crippen LogP contribution >= 0.6 is 11.3 Å². The lowest BCUT2D eigenvalue weighted by Gasteiger charge is -2.14. The molecule has 0 atom stereocenters. The van der Waals surface area contributed by atoms with Crippen LogP contribution in [0.5, 0.6) is 5.75 Å². The topological polar surface area (TPSA) is 39.2 Å². The highest BCUT2D eigenvalue weighted by atomic mass is 32.1. The number of hydrogen-bond acceptors (Lipinski definition) is 4. The molecule has 2 aromatic rings. The number of rotatable bonds is 3. The number of benzene rings is 1. The molecule has 0 aliphatic rings. The van der Waals surface area contributed by atoms with E-state index < -0.39 is 0 Å². The molecule has 1 aromatic carbocycles. The maximum absolute atomic E-state index is 12.0. The molecule has 0 radical (unpaired) electrons. The van der Waals surface area contributed by atoms with Crippen LogP contribution in [-0.4, -0.2) is 17.9 Å². The van der Waals surface area contributed by atoms with Gasteiger partial charge in [-0.05, 0) is 18.2 Å². The van der Waals surface area contributed by atoms with Crippen molar-refractivity contribution in [3.8, 4) is 5.75 Å². The Morgan fingerprint density at radius 1 is 1.39 bits per heavy atom. The average molecular weight is 263 g/mol. The monoisotopic (exact) mass is 263 g/mol. The van der Waals surface area contributed by atoms with Gasteiger partial charge in [0.05, 0.1) is 23.7 Å². The third-order valence-electron chi connectivity index (χ3n) is 2.79. The maximum Gasteiger partial charge on any atom is 0.144 e. The highest BCUT2D eigenvalue weighted by molar-refractivity contribution is 7.18. The second-order valence-corrected chi connectivity index (χ2v) is 6.41. The molecule has 2 rings (SSSR count). The van der Waals surface area contributed by atoms with Gasteiger partial charge in [0.15, 0.2) is 0 Å². The van der Waals surface area contributed by atoms with Crippen LogP contribution in [0.2, 0.25) is 0 Å². The van der Waals surface area contributed by atoms with Crippen molar-refractivity contribution in [1.82, 2.24) is 4.98 Å². The van der Waals surface area contributed by atoms with Gasteiger partial charge in [-0.15, -0.1) is 11.3 Å². The van der Waals surface area contributed by atoms with Crippen molar-refractivity contribution in [2.24, 2.45) is 5.41 Å². The Morgan fingerprint density at radius 2 is 2.11 bits per heavy atom. The lowest BCUT2D eigenvalue weighted by atomic mass is 9.89. The number of thiazole rings is 1. The van der Waals surface area contributed by atoms with Crippen LogP contribution in [0.3, 0.4) is 0 Å². The van der Waals surface area contributed by atoms with Gasteiger partial charge in [-0.2, -0.15) is 0 Å². The fourth-order valence-corrected chi connectivity index (χ4v) is 2.55. The molecule has 0 fully saturated rings. The third kappa shape index (κ3) is 2.70. The van der Waals surface area contributed by atoms with Crippen molar-refractivity contribution in [1.29, 1.82) is 0 Å². The summed E-state index contributed by atoms with van der Waals surface area (Å²) in [5, 5.41) is 0.873. The summed E-state index contributed by atoms with van der Waals surface area (Å²) >= 11 is 1.56. The molecule has 0 amide bonds. The Bertz CT molecular complexity index is 581. The van der Waals surface area contributed by atoms with Gasteiger partial charge in [0.1, 0.15) is 16.5 Å². The summed E-state index contributed by atoms with van der Waals surface area (Å²) in [6.07, 6.45) is 0.408. The largest absolute Gasteiger partial charge is 0.497 e. The Kier molecular flexibility index (Phi) is 3.39. The van der Waals surface area contributed by atoms with Gasteiger partial charge < -0.3 is 4.74 Å². The van der Waals surface area contributed by atoms with Gasteiger partial charge in [-0.1, -0.05) is 20.8 Å². The second-order valence-electron chi connectivity index (χ2n) is 5.29. The van der Waals surface area contributed by atoms with Crippen LogP contribution < -0.4 is 4.74 Å². The van der Waals surface area contributed by atoms with Crippen molar-refractivity contribution >= 4 is 27.3 Å². The molecule has 0 bridgehead atoms. The first-order chi connectivity index (χ1) is 8.40. The summed E-state index contributed by atoms with van der Waals surface area (Å²) in [6.45, 7) is 5.81. The van der Waals surface area contributed by atoms with Gasteiger partial charge in [0.25, 0.3) is 0 Å². The van der Waals surface area contributed by atoms with E-state index in [1.165, 1.54) is 0 Å². The molecule has 0 N–H and O–H groups in total. The Hall–Kier alpha value is -1.42. The van der Waals surface area contributed by atoms with Crippen LogP contribution in [0.15, 0.2) is 18.2 Å². The van der Waals surface area contributed by atoms with Crippen LogP contribution in [0, 0.1) is 5.41 Å². The lowest BCUT2D eigenvalue weighted by molar-refractivity contribution is -0.125. The van der Waals surface area contributed by atoms with E-state index in [-0.39, 0.29) is 11.2 Å². The molecular formula is C14H17NO2S. The molecule has 96 valence electrons. The highest BCUT2D eigenvalue weighted by Gasteiger charge is 2.22. The number of Topliss-reactive ketones (excluding diaryl/α,β-unsaturated/α-hetero) is 1. The Labute approximate surface area is 111 Å². The molecule has 0 unspecified atom stereocenters. The number of nitrogens with zero attached hydrogens (tertiary/aromatic N) is 1. The molecule has 18 heavy (non-hydrogen) atoms. The van der Waals surface area contributed by atoms with Gasteiger partial charge in [-0.25, -0.2) is 4.98 Å². The van der Waals surface area contributed by atoms with Crippen molar-refractivity contribution in [3.05, 3.63) is 23.2 Å². The normalized spacial score (nSPS) is 11.8. The predicted octanol–water partition coefficient (Wildman–Crippen LogP) is 3.46. The SMILES string of the molecule is COc1ccc2nc(CC(=O)C(C)(C)C)sc2c1. The minimum Gasteiger partial charge on any atom is -0.497 e. The molecule has 0 aliphatic carbocycles. The molecular weight excluding hydrogens is 246 g/mol. The Morgan fingerprint density at radius 3 is 2.72 bits per heavy atom. The zero-order valence-corrected chi connectivity index (χ0v) is 11.9. The summed E-state index contributed by atoms with van der Waals surface area (Å²) < 4.78 is 6.24. The van der Waals surface area contributed by atoms with Gasteiger partial charge in [-0.3, -0.25) is 4.79 Å². The standard InChI is InChI=1S/C14H17NO2S/c1-14(2,3)12(16)8-13-15-10-6-5-9(17-4)7-11(10)18-13/h5-7H,8H2,1-4H3. The van der Waals surface area contributed by atoms with E-state index in [1.807, 2.05) is 39.0 Å². The summed E-state index contributed by atoms with van der Waals surface area (Å²) in [4.78, 5) is 16.5. The van der Waals surface area contributed by atoms with E-state index in [9.17, 15) is 4.79 Å². The molecule has 0 aliphatic heterocycles. The number of hydrogen-bond donors (Lipinski definition) is 0. The van der Waals surface area contributed by atoms with Gasteiger partial charge in [0.2, 0.25) is 0 Å². The molecule has 0 saturated carbocycles. The predicted molar refractivity (Wildman–Crippen MR) is 74.3 cm³/mol. The van der Waals surface area contributed by atoms with Gasteiger partial charge in [0, 0.05) is 5.41 Å². The number of methoxy groups -OCH3 is 1. The molecule has 3 nitrogen and oxygen atoms in total. The fraction of sp³-hybridized carbons (Fsp3) is 0.429. The molecule has 1 aromatic heterocycles. The van der Waals surface area contributed by atoms with E-state index in [0.717, 1.165) is 21.0 Å². The maximum atomic E-state index is 12.0. The average Bonchev–Trinajstić information content (AvgIpc) is 2.68. The van der Waals surface area contributed by atoms with Crippen molar-refractivity contribution in [2.75, 3.05) is 7.11 Å². The molecule has 1 heterocycles. The third-order valence-corrected chi connectivity index (χ3v) is 3.81. The first-order valence-electron chi connectivity index (χ1n) is 5.87. The molecule has 0 saturated heterocycles. The summed E-state index contributed by atoms with van der Waals surface area (Å²) in [6, 6.07) is 5.77. The smallest absolute Gasteiger partial charge is 0.144 e. The van der Waals surface area contributed by atoms with Crippen molar-refractivity contribution < 1.29 is 9.53 Å². The van der Waals surface area contributed by atoms with Gasteiger partial charge >= 0.3 is 0 Å². The fourth-order valence-electron chi connectivity index (χ4n) is 1.56. The van der Waals surface area contributed by atoms with Crippen LogP contribution in [0.4, 0.5) is 0 Å². The number of aromatic nitrogens is 1. The van der Waals surface area contributed by atoms with Crippen LogP contribution in [0.1, 0.15) is 25.8 Å². The van der Waals surface area contributed by atoms with Crippen molar-refractivity contribution in [2.45, 2.75) is 27.2 Å². The molecule has 0 spiro atoms. The Balaban J connectivity index is 2.28. The summed E-state index contributed by atoms with van der Waals surface area (Å²) in [5.74, 6) is 1.04. The highest BCUT2D eigenvalue weighted by Crippen LogP contribution is 2.28. The number of fused-ring (bicyclic) bond motifs is 1. The van der Waals surface area contributed by atoms with E-state index in [2.05, 4.69) is 4.98 Å². The van der Waals surface area contributed by atoms with E-state index >= 15 is 0 Å². The first kappa shape index (κ1) is 13.0. The van der Waals surface area contributed by atoms with E-state index in [4.69, 9.17) is 4.74 Å². The van der Waals surface area contributed by atoms with E-state index in [0.29, 0.717) is 6.42 Å². The summed E-state index contributed by atoms with van der Waals surface area (Å²) in [5.41, 5.74) is 0.618. The number of ketones is 1. The molecule has 4 heteroatoms. The van der Waals surface area contributed by atoms with Crippen LogP contribution in [-0.2, 0) is 11.2 Å². The lowest BCUT2D eigenvalue weighted by Crippen LogP contribution is -2.21. The first-order valence-corrected chi connectivity index (χ1v) is 6.68. The second kappa shape index (κ2) is 4.69. The van der Waals surface area contributed by atoms with E-state index in [1.54, 1.807) is 18.4 Å². The number of carbonyl (C=O) groups excluding carboxylic acids is 1. The van der Waals surface area contributed by atoms with Crippen LogP contribution in [0.25, 0.3) is 10.2 Å². The number of ether oxygens (including phenoxy) is 1. The minimum absolute atomic E-state index is 0.216. The zero-order chi connectivity index (χ0) is 13.3. The summed E-state index contributed by atoms with van der Waals surface area (Å²) in [7, 11) is 1.65. The quantitative estimate of drug-likeness (QED) is 0.851.